The lowest BCUT2D eigenvalue weighted by Crippen LogP contribution is -2.50. The van der Waals surface area contributed by atoms with E-state index in [4.69, 9.17) is 0 Å². The van der Waals surface area contributed by atoms with Crippen molar-refractivity contribution in [2.45, 2.75) is 12.8 Å². The molecule has 0 atom stereocenters. The van der Waals surface area contributed by atoms with Gasteiger partial charge in [-0.2, -0.15) is 0 Å². The summed E-state index contributed by atoms with van der Waals surface area (Å²) in [6.07, 6.45) is 2.12. The SMILES string of the molecule is O=C(CN1CCN(C(=O)C2CC2)CC1)c1ccccc1. The second-order valence-corrected chi connectivity index (χ2v) is 5.66. The number of carbonyl (C=O) groups excluding carboxylic acids is 2. The standard InChI is InChI=1S/C16H20N2O2/c19-15(13-4-2-1-3-5-13)12-17-8-10-18(11-9-17)16(20)14-6-7-14/h1-5,14H,6-12H2. The number of benzene rings is 1. The zero-order valence-electron chi connectivity index (χ0n) is 11.6. The summed E-state index contributed by atoms with van der Waals surface area (Å²) < 4.78 is 0. The summed E-state index contributed by atoms with van der Waals surface area (Å²) in [5.41, 5.74) is 0.768. The van der Waals surface area contributed by atoms with Gasteiger partial charge in [0.2, 0.25) is 5.91 Å². The number of amides is 1. The van der Waals surface area contributed by atoms with Crippen molar-refractivity contribution in [3.05, 3.63) is 35.9 Å². The Balaban J connectivity index is 1.49. The van der Waals surface area contributed by atoms with E-state index in [9.17, 15) is 9.59 Å². The van der Waals surface area contributed by atoms with Crippen molar-refractivity contribution in [2.75, 3.05) is 32.7 Å². The Morgan fingerprint density at radius 1 is 1.00 bits per heavy atom. The smallest absolute Gasteiger partial charge is 0.225 e. The van der Waals surface area contributed by atoms with E-state index in [1.165, 1.54) is 0 Å². The molecule has 1 aliphatic carbocycles. The lowest BCUT2D eigenvalue weighted by atomic mass is 10.1. The minimum absolute atomic E-state index is 0.160. The third-order valence-corrected chi connectivity index (χ3v) is 4.07. The van der Waals surface area contributed by atoms with Gasteiger partial charge in [-0.15, -0.1) is 0 Å². The molecule has 0 unspecified atom stereocenters. The summed E-state index contributed by atoms with van der Waals surface area (Å²) in [4.78, 5) is 28.2. The van der Waals surface area contributed by atoms with Crippen molar-refractivity contribution in [1.29, 1.82) is 0 Å². The highest BCUT2D eigenvalue weighted by molar-refractivity contribution is 5.97. The van der Waals surface area contributed by atoms with Gasteiger partial charge in [0.1, 0.15) is 0 Å². The van der Waals surface area contributed by atoms with Gasteiger partial charge in [0.05, 0.1) is 6.54 Å². The molecule has 1 aromatic carbocycles. The maximum atomic E-state index is 12.1. The summed E-state index contributed by atoms with van der Waals surface area (Å²) in [7, 11) is 0. The molecule has 1 aromatic rings. The maximum absolute atomic E-state index is 12.1. The molecule has 2 aliphatic rings. The van der Waals surface area contributed by atoms with E-state index in [1.54, 1.807) is 0 Å². The van der Waals surface area contributed by atoms with Crippen LogP contribution in [0.3, 0.4) is 0 Å². The minimum Gasteiger partial charge on any atom is -0.340 e. The van der Waals surface area contributed by atoms with Crippen LogP contribution in [0.25, 0.3) is 0 Å². The van der Waals surface area contributed by atoms with Gasteiger partial charge in [-0.05, 0) is 12.8 Å². The van der Waals surface area contributed by atoms with Crippen LogP contribution in [0.4, 0.5) is 0 Å². The molecule has 3 rings (SSSR count). The third-order valence-electron chi connectivity index (χ3n) is 4.07. The predicted octanol–water partition coefficient (Wildman–Crippen LogP) is 1.42. The predicted molar refractivity (Wildman–Crippen MR) is 76.5 cm³/mol. The van der Waals surface area contributed by atoms with Crippen molar-refractivity contribution in [2.24, 2.45) is 5.92 Å². The fraction of sp³-hybridized carbons (Fsp3) is 0.500. The lowest BCUT2D eigenvalue weighted by Gasteiger charge is -2.34. The molecular weight excluding hydrogens is 252 g/mol. The largest absolute Gasteiger partial charge is 0.340 e. The molecule has 1 saturated heterocycles. The molecular formula is C16H20N2O2. The van der Waals surface area contributed by atoms with Crippen molar-refractivity contribution in [1.82, 2.24) is 9.80 Å². The number of rotatable bonds is 4. The zero-order valence-corrected chi connectivity index (χ0v) is 11.6. The summed E-state index contributed by atoms with van der Waals surface area (Å²) in [6, 6.07) is 9.41. The Morgan fingerprint density at radius 3 is 2.25 bits per heavy atom. The average molecular weight is 272 g/mol. The molecule has 4 heteroatoms. The van der Waals surface area contributed by atoms with Crippen LogP contribution in [-0.2, 0) is 4.79 Å². The van der Waals surface area contributed by atoms with Gasteiger partial charge < -0.3 is 4.90 Å². The number of hydrogen-bond acceptors (Lipinski definition) is 3. The van der Waals surface area contributed by atoms with Gasteiger partial charge in [0.25, 0.3) is 0 Å². The number of ketones is 1. The fourth-order valence-electron chi connectivity index (χ4n) is 2.63. The second-order valence-electron chi connectivity index (χ2n) is 5.66. The highest BCUT2D eigenvalue weighted by Crippen LogP contribution is 2.31. The van der Waals surface area contributed by atoms with Crippen LogP contribution in [-0.4, -0.2) is 54.2 Å². The Bertz CT molecular complexity index is 488. The maximum Gasteiger partial charge on any atom is 0.225 e. The molecule has 0 radical (unpaired) electrons. The number of nitrogens with zero attached hydrogens (tertiary/aromatic N) is 2. The van der Waals surface area contributed by atoms with Crippen LogP contribution in [0, 0.1) is 5.92 Å². The quantitative estimate of drug-likeness (QED) is 0.778. The number of carbonyl (C=O) groups is 2. The van der Waals surface area contributed by atoms with Crippen LogP contribution in [0.15, 0.2) is 30.3 Å². The van der Waals surface area contributed by atoms with Crippen molar-refractivity contribution >= 4 is 11.7 Å². The first kappa shape index (κ1) is 13.3. The molecule has 0 aromatic heterocycles. The van der Waals surface area contributed by atoms with Crippen LogP contribution >= 0.6 is 0 Å². The summed E-state index contributed by atoms with van der Waals surface area (Å²) in [6.45, 7) is 3.58. The molecule has 4 nitrogen and oxygen atoms in total. The molecule has 0 N–H and O–H groups in total. The van der Waals surface area contributed by atoms with E-state index in [0.29, 0.717) is 18.4 Å². The van der Waals surface area contributed by atoms with Gasteiger partial charge in [-0.1, -0.05) is 30.3 Å². The second kappa shape index (κ2) is 5.75. The van der Waals surface area contributed by atoms with Crippen molar-refractivity contribution < 1.29 is 9.59 Å². The van der Waals surface area contributed by atoms with E-state index in [1.807, 2.05) is 35.2 Å². The van der Waals surface area contributed by atoms with Crippen LogP contribution in [0.5, 0.6) is 0 Å². The molecule has 1 saturated carbocycles. The van der Waals surface area contributed by atoms with Crippen LogP contribution < -0.4 is 0 Å². The van der Waals surface area contributed by atoms with Crippen molar-refractivity contribution in [3.63, 3.8) is 0 Å². The molecule has 1 heterocycles. The Labute approximate surface area is 119 Å². The van der Waals surface area contributed by atoms with Crippen LogP contribution in [0.2, 0.25) is 0 Å². The average Bonchev–Trinajstić information content (AvgIpc) is 3.33. The molecule has 0 bridgehead atoms. The molecule has 1 amide bonds. The topological polar surface area (TPSA) is 40.6 Å². The zero-order chi connectivity index (χ0) is 13.9. The Hall–Kier alpha value is -1.68. The first-order valence-electron chi connectivity index (χ1n) is 7.33. The number of Topliss-reactive ketones (excluding diaryl/α,β-unsaturated/α-hetero) is 1. The normalized spacial score (nSPS) is 19.9. The molecule has 1 aliphatic heterocycles. The highest BCUT2D eigenvalue weighted by Gasteiger charge is 2.34. The number of hydrogen-bond donors (Lipinski definition) is 0. The van der Waals surface area contributed by atoms with Gasteiger partial charge in [-0.3, -0.25) is 14.5 Å². The summed E-state index contributed by atoms with van der Waals surface area (Å²) in [5.74, 6) is 0.777. The van der Waals surface area contributed by atoms with Crippen molar-refractivity contribution in [3.8, 4) is 0 Å². The van der Waals surface area contributed by atoms with E-state index >= 15 is 0 Å². The third kappa shape index (κ3) is 3.07. The Morgan fingerprint density at radius 2 is 1.65 bits per heavy atom. The van der Waals surface area contributed by atoms with E-state index in [2.05, 4.69) is 4.90 Å². The Kier molecular flexibility index (Phi) is 3.83. The summed E-state index contributed by atoms with van der Waals surface area (Å²) >= 11 is 0. The van der Waals surface area contributed by atoms with E-state index < -0.39 is 0 Å². The summed E-state index contributed by atoms with van der Waals surface area (Å²) in [5, 5.41) is 0. The van der Waals surface area contributed by atoms with Gasteiger partial charge in [0.15, 0.2) is 5.78 Å². The lowest BCUT2D eigenvalue weighted by molar-refractivity contribution is -0.134. The number of piperazine rings is 1. The first-order chi connectivity index (χ1) is 9.74. The van der Waals surface area contributed by atoms with E-state index in [-0.39, 0.29) is 5.78 Å². The highest BCUT2D eigenvalue weighted by atomic mass is 16.2. The monoisotopic (exact) mass is 272 g/mol. The van der Waals surface area contributed by atoms with Gasteiger partial charge in [-0.25, -0.2) is 0 Å². The molecule has 106 valence electrons. The molecule has 2 fully saturated rings. The fourth-order valence-corrected chi connectivity index (χ4v) is 2.63. The minimum atomic E-state index is 0.160. The molecule has 0 spiro atoms. The van der Waals surface area contributed by atoms with E-state index in [0.717, 1.165) is 44.6 Å². The first-order valence-corrected chi connectivity index (χ1v) is 7.33. The van der Waals surface area contributed by atoms with Gasteiger partial charge >= 0.3 is 0 Å². The molecule has 20 heavy (non-hydrogen) atoms. The van der Waals surface area contributed by atoms with Gasteiger partial charge in [0, 0.05) is 37.7 Å². The van der Waals surface area contributed by atoms with Crippen LogP contribution in [0.1, 0.15) is 23.2 Å².